The zero-order valence-electron chi connectivity index (χ0n) is 13.9. The summed E-state index contributed by atoms with van der Waals surface area (Å²) in [6.07, 6.45) is 2.51. The number of aromatic nitrogens is 1. The predicted molar refractivity (Wildman–Crippen MR) is 87.9 cm³/mol. The minimum atomic E-state index is -0.462. The van der Waals surface area contributed by atoms with Crippen molar-refractivity contribution in [2.75, 3.05) is 30.3 Å². The fourth-order valence-electron chi connectivity index (χ4n) is 2.60. The van der Waals surface area contributed by atoms with Gasteiger partial charge in [0.05, 0.1) is 11.9 Å². The van der Waals surface area contributed by atoms with Gasteiger partial charge in [0.25, 0.3) is 0 Å². The minimum absolute atomic E-state index is 0.235. The van der Waals surface area contributed by atoms with E-state index >= 15 is 0 Å². The zero-order chi connectivity index (χ0) is 16.3. The van der Waals surface area contributed by atoms with E-state index in [-0.39, 0.29) is 12.1 Å². The van der Waals surface area contributed by atoms with Crippen LogP contribution in [0.15, 0.2) is 18.3 Å². The number of carbonyl (C=O) groups is 1. The van der Waals surface area contributed by atoms with E-state index in [1.165, 1.54) is 0 Å². The average Bonchev–Trinajstić information content (AvgIpc) is 2.45. The molecule has 1 aliphatic heterocycles. The van der Waals surface area contributed by atoms with Crippen molar-refractivity contribution in [1.82, 2.24) is 9.88 Å². The normalized spacial score (nSPS) is 19.2. The molecule has 6 nitrogen and oxygen atoms in total. The van der Waals surface area contributed by atoms with E-state index in [2.05, 4.69) is 16.8 Å². The highest BCUT2D eigenvalue weighted by atomic mass is 16.6. The Morgan fingerprint density at radius 2 is 2.14 bits per heavy atom. The van der Waals surface area contributed by atoms with Crippen molar-refractivity contribution in [3.8, 4) is 0 Å². The van der Waals surface area contributed by atoms with Crippen LogP contribution >= 0.6 is 0 Å². The van der Waals surface area contributed by atoms with Gasteiger partial charge in [-0.1, -0.05) is 6.92 Å². The monoisotopic (exact) mass is 306 g/mol. The first-order valence-corrected chi connectivity index (χ1v) is 7.76. The van der Waals surface area contributed by atoms with Gasteiger partial charge in [0.15, 0.2) is 0 Å². The SMILES string of the molecule is CC[C@@H]1CN(C(=O)OC(C)(C)C)CCN1c1ccc(N)nc1. The predicted octanol–water partition coefficient (Wildman–Crippen LogP) is 2.50. The molecule has 1 fully saturated rings. The standard InChI is InChI=1S/C16H26N4O2/c1-5-12-11-19(15(21)22-16(2,3)4)8-9-20(12)13-6-7-14(17)18-10-13/h6-7,10,12H,5,8-9,11H2,1-4H3,(H2,17,18)/t12-/m1/s1. The van der Waals surface area contributed by atoms with Crippen LogP contribution in [-0.4, -0.2) is 47.3 Å². The second-order valence-corrected chi connectivity index (χ2v) is 6.62. The Morgan fingerprint density at radius 1 is 1.41 bits per heavy atom. The van der Waals surface area contributed by atoms with Crippen molar-refractivity contribution in [2.45, 2.75) is 45.8 Å². The summed E-state index contributed by atoms with van der Waals surface area (Å²) in [5.74, 6) is 0.518. The molecular weight excluding hydrogens is 280 g/mol. The first kappa shape index (κ1) is 16.4. The maximum atomic E-state index is 12.2. The third-order valence-corrected chi connectivity index (χ3v) is 3.71. The van der Waals surface area contributed by atoms with E-state index in [0.29, 0.717) is 18.9 Å². The molecule has 2 rings (SSSR count). The summed E-state index contributed by atoms with van der Waals surface area (Å²) in [5, 5.41) is 0. The summed E-state index contributed by atoms with van der Waals surface area (Å²) < 4.78 is 5.47. The molecular formula is C16H26N4O2. The Bertz CT molecular complexity index is 510. The van der Waals surface area contributed by atoms with Crippen molar-refractivity contribution >= 4 is 17.6 Å². The summed E-state index contributed by atoms with van der Waals surface area (Å²) >= 11 is 0. The highest BCUT2D eigenvalue weighted by molar-refractivity contribution is 5.69. The van der Waals surface area contributed by atoms with Crippen molar-refractivity contribution in [3.63, 3.8) is 0 Å². The van der Waals surface area contributed by atoms with Gasteiger partial charge in [-0.3, -0.25) is 0 Å². The number of hydrogen-bond acceptors (Lipinski definition) is 5. The molecule has 1 saturated heterocycles. The molecule has 2 N–H and O–H groups in total. The number of piperazine rings is 1. The third kappa shape index (κ3) is 4.02. The number of amides is 1. The maximum absolute atomic E-state index is 12.2. The van der Waals surface area contributed by atoms with Crippen LogP contribution in [0.3, 0.4) is 0 Å². The van der Waals surface area contributed by atoms with Crippen LogP contribution in [-0.2, 0) is 4.74 Å². The smallest absolute Gasteiger partial charge is 0.410 e. The molecule has 22 heavy (non-hydrogen) atoms. The number of nitrogens with two attached hydrogens (primary N) is 1. The Balaban J connectivity index is 2.05. The van der Waals surface area contributed by atoms with Gasteiger partial charge >= 0.3 is 6.09 Å². The summed E-state index contributed by atoms with van der Waals surface area (Å²) in [6, 6.07) is 4.04. The van der Waals surface area contributed by atoms with Crippen LogP contribution < -0.4 is 10.6 Å². The van der Waals surface area contributed by atoms with Gasteiger partial charge in [0, 0.05) is 25.7 Å². The molecule has 1 atom stereocenters. The zero-order valence-corrected chi connectivity index (χ0v) is 13.9. The number of hydrogen-bond donors (Lipinski definition) is 1. The number of nitrogen functional groups attached to an aromatic ring is 1. The number of rotatable bonds is 2. The van der Waals surface area contributed by atoms with E-state index in [1.54, 1.807) is 11.1 Å². The molecule has 1 aromatic heterocycles. The Morgan fingerprint density at radius 3 is 2.68 bits per heavy atom. The topological polar surface area (TPSA) is 71.7 Å². The molecule has 0 bridgehead atoms. The first-order valence-electron chi connectivity index (χ1n) is 7.76. The van der Waals surface area contributed by atoms with Gasteiger partial charge in [-0.2, -0.15) is 0 Å². The number of ether oxygens (including phenoxy) is 1. The number of anilines is 2. The van der Waals surface area contributed by atoms with E-state index in [0.717, 1.165) is 18.7 Å². The lowest BCUT2D eigenvalue weighted by molar-refractivity contribution is 0.0213. The molecule has 6 heteroatoms. The van der Waals surface area contributed by atoms with Gasteiger partial charge in [0.1, 0.15) is 11.4 Å². The Kier molecular flexibility index (Phi) is 4.78. The van der Waals surface area contributed by atoms with Crippen molar-refractivity contribution in [1.29, 1.82) is 0 Å². The molecule has 0 aromatic carbocycles. The molecule has 2 heterocycles. The van der Waals surface area contributed by atoms with Crippen LogP contribution in [0.1, 0.15) is 34.1 Å². The van der Waals surface area contributed by atoms with Crippen LogP contribution in [0.25, 0.3) is 0 Å². The fraction of sp³-hybridized carbons (Fsp3) is 0.625. The largest absolute Gasteiger partial charge is 0.444 e. The van der Waals surface area contributed by atoms with Crippen LogP contribution in [0.5, 0.6) is 0 Å². The van der Waals surface area contributed by atoms with Crippen molar-refractivity contribution in [2.24, 2.45) is 0 Å². The third-order valence-electron chi connectivity index (χ3n) is 3.71. The molecule has 0 radical (unpaired) electrons. The lowest BCUT2D eigenvalue weighted by atomic mass is 10.1. The Labute approximate surface area is 132 Å². The van der Waals surface area contributed by atoms with Gasteiger partial charge in [-0.25, -0.2) is 9.78 Å². The van der Waals surface area contributed by atoms with Gasteiger partial charge in [-0.15, -0.1) is 0 Å². The first-order chi connectivity index (χ1) is 10.3. The molecule has 0 aliphatic carbocycles. The lowest BCUT2D eigenvalue weighted by Gasteiger charge is -2.42. The van der Waals surface area contributed by atoms with E-state index in [9.17, 15) is 4.79 Å². The van der Waals surface area contributed by atoms with E-state index in [4.69, 9.17) is 10.5 Å². The molecule has 122 valence electrons. The average molecular weight is 306 g/mol. The van der Waals surface area contributed by atoms with Crippen LogP contribution in [0.4, 0.5) is 16.3 Å². The molecule has 0 spiro atoms. The van der Waals surface area contributed by atoms with Crippen LogP contribution in [0.2, 0.25) is 0 Å². The van der Waals surface area contributed by atoms with E-state index < -0.39 is 5.60 Å². The second kappa shape index (κ2) is 6.42. The quantitative estimate of drug-likeness (QED) is 0.909. The van der Waals surface area contributed by atoms with Crippen molar-refractivity contribution < 1.29 is 9.53 Å². The highest BCUT2D eigenvalue weighted by Crippen LogP contribution is 2.23. The van der Waals surface area contributed by atoms with Crippen LogP contribution in [0, 0.1) is 0 Å². The van der Waals surface area contributed by atoms with Gasteiger partial charge in [0.2, 0.25) is 0 Å². The second-order valence-electron chi connectivity index (χ2n) is 6.62. The molecule has 1 aromatic rings. The van der Waals surface area contributed by atoms with Gasteiger partial charge in [-0.05, 0) is 39.3 Å². The summed E-state index contributed by atoms with van der Waals surface area (Å²) in [7, 11) is 0. The minimum Gasteiger partial charge on any atom is -0.444 e. The molecule has 1 amide bonds. The molecule has 1 aliphatic rings. The molecule has 0 unspecified atom stereocenters. The van der Waals surface area contributed by atoms with E-state index in [1.807, 2.05) is 32.9 Å². The summed E-state index contributed by atoms with van der Waals surface area (Å²) in [4.78, 5) is 20.5. The lowest BCUT2D eigenvalue weighted by Crippen LogP contribution is -2.55. The Hall–Kier alpha value is -1.98. The highest BCUT2D eigenvalue weighted by Gasteiger charge is 2.31. The number of pyridine rings is 1. The number of carbonyl (C=O) groups excluding carboxylic acids is 1. The maximum Gasteiger partial charge on any atom is 0.410 e. The number of nitrogens with zero attached hydrogens (tertiary/aromatic N) is 3. The summed E-state index contributed by atoms with van der Waals surface area (Å²) in [6.45, 7) is 9.87. The molecule has 0 saturated carbocycles. The summed E-state index contributed by atoms with van der Waals surface area (Å²) in [5.41, 5.74) is 6.23. The van der Waals surface area contributed by atoms with Crippen molar-refractivity contribution in [3.05, 3.63) is 18.3 Å². The van der Waals surface area contributed by atoms with Gasteiger partial charge < -0.3 is 20.3 Å². The fourth-order valence-corrected chi connectivity index (χ4v) is 2.60.